The van der Waals surface area contributed by atoms with Crippen LogP contribution in [0.15, 0.2) is 35.3 Å². The smallest absolute Gasteiger partial charge is 0.259 e. The van der Waals surface area contributed by atoms with Gasteiger partial charge in [-0.2, -0.15) is 0 Å². The molecule has 1 atom stereocenters. The predicted octanol–water partition coefficient (Wildman–Crippen LogP) is 1.14. The molecule has 3 heterocycles. The minimum Gasteiger partial charge on any atom is -0.373 e. The quantitative estimate of drug-likeness (QED) is 0.774. The minimum atomic E-state index is -0.0745. The van der Waals surface area contributed by atoms with Gasteiger partial charge >= 0.3 is 0 Å². The van der Waals surface area contributed by atoms with Gasteiger partial charge in [0.1, 0.15) is 11.5 Å². The van der Waals surface area contributed by atoms with E-state index in [1.165, 1.54) is 4.40 Å². The zero-order valence-electron chi connectivity index (χ0n) is 10.3. The van der Waals surface area contributed by atoms with Crippen molar-refractivity contribution in [2.75, 3.05) is 30.5 Å². The maximum absolute atomic E-state index is 12.0. The molecule has 100 valence electrons. The fraction of sp³-hybridized carbons (Fsp3) is 0.385. The Morgan fingerprint density at radius 3 is 3.21 bits per heavy atom. The number of halogens is 1. The summed E-state index contributed by atoms with van der Waals surface area (Å²) in [5, 5.41) is 0. The number of hydrogen-bond donors (Lipinski definition) is 0. The summed E-state index contributed by atoms with van der Waals surface area (Å²) in [7, 11) is 0. The van der Waals surface area contributed by atoms with Crippen LogP contribution in [0.25, 0.3) is 5.65 Å². The second-order valence-corrected chi connectivity index (χ2v) is 4.78. The fourth-order valence-corrected chi connectivity index (χ4v) is 2.41. The molecule has 3 rings (SSSR count). The molecule has 1 aliphatic rings. The summed E-state index contributed by atoms with van der Waals surface area (Å²) in [6.07, 6.45) is 1.71. The Kier molecular flexibility index (Phi) is 3.40. The molecule has 19 heavy (non-hydrogen) atoms. The molecule has 6 heteroatoms. The second-order valence-electron chi connectivity index (χ2n) is 4.47. The predicted molar refractivity (Wildman–Crippen MR) is 74.1 cm³/mol. The standard InChI is InChI=1S/C13H14ClN3O2/c14-8-10-9-16(5-6-19-10)12-7-13(18)17-4-2-1-3-11(17)15-12/h1-4,7,10H,5-6,8-9H2. The lowest BCUT2D eigenvalue weighted by Gasteiger charge is -2.32. The number of fused-ring (bicyclic) bond motifs is 1. The average Bonchev–Trinajstić information content (AvgIpc) is 2.47. The van der Waals surface area contributed by atoms with Crippen LogP contribution in [-0.4, -0.2) is 41.1 Å². The van der Waals surface area contributed by atoms with Crippen LogP contribution in [0.3, 0.4) is 0 Å². The van der Waals surface area contributed by atoms with Crippen molar-refractivity contribution in [1.29, 1.82) is 0 Å². The van der Waals surface area contributed by atoms with Gasteiger partial charge in [-0.3, -0.25) is 9.20 Å². The maximum atomic E-state index is 12.0. The first-order valence-electron chi connectivity index (χ1n) is 6.19. The van der Waals surface area contributed by atoms with E-state index < -0.39 is 0 Å². The summed E-state index contributed by atoms with van der Waals surface area (Å²) in [6, 6.07) is 7.06. The van der Waals surface area contributed by atoms with Crippen LogP contribution in [0.1, 0.15) is 0 Å². The van der Waals surface area contributed by atoms with Crippen molar-refractivity contribution >= 4 is 23.1 Å². The zero-order valence-corrected chi connectivity index (χ0v) is 11.1. The molecule has 0 aromatic carbocycles. The first-order chi connectivity index (χ1) is 9.28. The third-order valence-corrected chi connectivity index (χ3v) is 3.54. The molecule has 0 aliphatic carbocycles. The third-order valence-electron chi connectivity index (χ3n) is 3.19. The summed E-state index contributed by atoms with van der Waals surface area (Å²) >= 11 is 5.82. The van der Waals surface area contributed by atoms with Crippen LogP contribution in [0.2, 0.25) is 0 Å². The van der Waals surface area contributed by atoms with Gasteiger partial charge in [-0.05, 0) is 12.1 Å². The Labute approximate surface area is 115 Å². The molecule has 0 amide bonds. The molecule has 1 saturated heterocycles. The summed E-state index contributed by atoms with van der Waals surface area (Å²) < 4.78 is 7.04. The topological polar surface area (TPSA) is 46.8 Å². The third kappa shape index (κ3) is 2.43. The first kappa shape index (κ1) is 12.4. The van der Waals surface area contributed by atoms with Crippen molar-refractivity contribution in [3.63, 3.8) is 0 Å². The van der Waals surface area contributed by atoms with Crippen LogP contribution in [0.5, 0.6) is 0 Å². The van der Waals surface area contributed by atoms with Gasteiger partial charge < -0.3 is 9.64 Å². The van der Waals surface area contributed by atoms with E-state index in [-0.39, 0.29) is 11.7 Å². The van der Waals surface area contributed by atoms with E-state index in [0.717, 1.165) is 6.54 Å². The molecule has 1 aliphatic heterocycles. The monoisotopic (exact) mass is 279 g/mol. The molecule has 5 nitrogen and oxygen atoms in total. The molecule has 1 fully saturated rings. The van der Waals surface area contributed by atoms with Crippen molar-refractivity contribution in [2.45, 2.75) is 6.10 Å². The van der Waals surface area contributed by atoms with Gasteiger partial charge in [0, 0.05) is 25.4 Å². The van der Waals surface area contributed by atoms with E-state index in [0.29, 0.717) is 30.5 Å². The lowest BCUT2D eigenvalue weighted by atomic mass is 10.3. The molecular formula is C13H14ClN3O2. The number of ether oxygens (including phenoxy) is 1. The summed E-state index contributed by atoms with van der Waals surface area (Å²) in [6.45, 7) is 2.00. The molecule has 2 aromatic heterocycles. The largest absolute Gasteiger partial charge is 0.373 e. The zero-order chi connectivity index (χ0) is 13.2. The molecule has 0 N–H and O–H groups in total. The normalized spacial score (nSPS) is 19.8. The summed E-state index contributed by atoms with van der Waals surface area (Å²) in [4.78, 5) is 18.6. The molecular weight excluding hydrogens is 266 g/mol. The van der Waals surface area contributed by atoms with Gasteiger partial charge in [-0.25, -0.2) is 4.98 Å². The Balaban J connectivity index is 1.99. The van der Waals surface area contributed by atoms with E-state index in [2.05, 4.69) is 4.98 Å². The van der Waals surface area contributed by atoms with Crippen LogP contribution in [0.4, 0.5) is 5.82 Å². The number of hydrogen-bond acceptors (Lipinski definition) is 4. The highest BCUT2D eigenvalue weighted by Crippen LogP contribution is 2.15. The highest BCUT2D eigenvalue weighted by molar-refractivity contribution is 6.18. The van der Waals surface area contributed by atoms with Crippen LogP contribution >= 0.6 is 11.6 Å². The van der Waals surface area contributed by atoms with E-state index in [9.17, 15) is 4.79 Å². The second kappa shape index (κ2) is 5.19. The van der Waals surface area contributed by atoms with Gasteiger partial charge in [-0.15, -0.1) is 11.6 Å². The molecule has 0 radical (unpaired) electrons. The number of nitrogens with zero attached hydrogens (tertiary/aromatic N) is 3. The lowest BCUT2D eigenvalue weighted by molar-refractivity contribution is 0.0552. The summed E-state index contributed by atoms with van der Waals surface area (Å²) in [5.74, 6) is 1.14. The van der Waals surface area contributed by atoms with Crippen LogP contribution < -0.4 is 10.5 Å². The molecule has 0 bridgehead atoms. The number of morpholine rings is 1. The van der Waals surface area contributed by atoms with E-state index >= 15 is 0 Å². The van der Waals surface area contributed by atoms with Crippen LogP contribution in [-0.2, 0) is 4.74 Å². The van der Waals surface area contributed by atoms with Crippen molar-refractivity contribution < 1.29 is 4.74 Å². The molecule has 2 aromatic rings. The van der Waals surface area contributed by atoms with Crippen molar-refractivity contribution in [3.05, 3.63) is 40.8 Å². The van der Waals surface area contributed by atoms with Gasteiger partial charge in [-0.1, -0.05) is 6.07 Å². The summed E-state index contributed by atoms with van der Waals surface area (Å²) in [5.41, 5.74) is 0.577. The average molecular weight is 280 g/mol. The SMILES string of the molecule is O=c1cc(N2CCOC(CCl)C2)nc2ccccn12. The Bertz CT molecular complexity index is 643. The van der Waals surface area contributed by atoms with E-state index in [4.69, 9.17) is 16.3 Å². The van der Waals surface area contributed by atoms with Gasteiger partial charge in [0.25, 0.3) is 5.56 Å². The minimum absolute atomic E-state index is 0.00792. The van der Waals surface area contributed by atoms with Crippen molar-refractivity contribution in [1.82, 2.24) is 9.38 Å². The Morgan fingerprint density at radius 2 is 2.37 bits per heavy atom. The fourth-order valence-electron chi connectivity index (χ4n) is 2.22. The Hall–Kier alpha value is -1.59. The number of pyridine rings is 1. The van der Waals surface area contributed by atoms with E-state index in [1.807, 2.05) is 23.1 Å². The molecule has 0 spiro atoms. The Morgan fingerprint density at radius 1 is 1.47 bits per heavy atom. The maximum Gasteiger partial charge on any atom is 0.259 e. The number of aromatic nitrogens is 2. The van der Waals surface area contributed by atoms with Crippen LogP contribution in [0, 0.1) is 0 Å². The van der Waals surface area contributed by atoms with E-state index in [1.54, 1.807) is 12.3 Å². The van der Waals surface area contributed by atoms with Gasteiger partial charge in [0.2, 0.25) is 0 Å². The lowest BCUT2D eigenvalue weighted by Crippen LogP contribution is -2.44. The first-order valence-corrected chi connectivity index (χ1v) is 6.72. The number of alkyl halides is 1. The van der Waals surface area contributed by atoms with Crippen molar-refractivity contribution in [3.8, 4) is 0 Å². The highest BCUT2D eigenvalue weighted by Gasteiger charge is 2.21. The number of anilines is 1. The molecule has 0 saturated carbocycles. The van der Waals surface area contributed by atoms with Gasteiger partial charge in [0.15, 0.2) is 0 Å². The van der Waals surface area contributed by atoms with Crippen molar-refractivity contribution in [2.24, 2.45) is 0 Å². The van der Waals surface area contributed by atoms with Gasteiger partial charge in [0.05, 0.1) is 18.6 Å². The number of rotatable bonds is 2. The highest BCUT2D eigenvalue weighted by atomic mass is 35.5. The molecule has 1 unspecified atom stereocenters.